The van der Waals surface area contributed by atoms with Crippen LogP contribution in [0.15, 0.2) is 29.1 Å². The van der Waals surface area contributed by atoms with Crippen LogP contribution in [0.3, 0.4) is 0 Å². The third-order valence-corrected chi connectivity index (χ3v) is 3.62. The van der Waals surface area contributed by atoms with Gasteiger partial charge in [-0.15, -0.1) is 0 Å². The zero-order chi connectivity index (χ0) is 17.0. The summed E-state index contributed by atoms with van der Waals surface area (Å²) in [4.78, 5) is 16.0. The summed E-state index contributed by atoms with van der Waals surface area (Å²) in [5, 5.41) is 3.10. The maximum Gasteiger partial charge on any atom is 0.241 e. The molecule has 3 N–H and O–H groups in total. The average molecular weight is 338 g/mol. The van der Waals surface area contributed by atoms with Crippen molar-refractivity contribution in [1.82, 2.24) is 4.98 Å². The number of hydrogen-bond donors (Lipinski definition) is 2. The van der Waals surface area contributed by atoms with Crippen LogP contribution in [0.4, 0.5) is 5.69 Å². The molecule has 0 saturated carbocycles. The number of nitrogens with two attached hydrogens (primary N) is 1. The Hall–Kier alpha value is -2.05. The van der Waals surface area contributed by atoms with Crippen molar-refractivity contribution in [3.63, 3.8) is 0 Å². The number of benzene rings is 1. The van der Waals surface area contributed by atoms with Crippen LogP contribution < -0.4 is 15.8 Å². The lowest BCUT2D eigenvalue weighted by Crippen LogP contribution is -2.36. The number of oxazole rings is 1. The lowest BCUT2D eigenvalue weighted by Gasteiger charge is -2.16. The first-order valence-electron chi connectivity index (χ1n) is 7.25. The minimum atomic E-state index is -0.592. The van der Waals surface area contributed by atoms with Gasteiger partial charge in [-0.3, -0.25) is 4.79 Å². The van der Waals surface area contributed by atoms with Crippen molar-refractivity contribution in [2.75, 3.05) is 12.4 Å². The third kappa shape index (κ3) is 4.24. The Morgan fingerprint density at radius 3 is 2.78 bits per heavy atom. The van der Waals surface area contributed by atoms with Crippen LogP contribution in [0, 0.1) is 5.92 Å². The zero-order valence-corrected chi connectivity index (χ0v) is 14.1. The van der Waals surface area contributed by atoms with Crippen molar-refractivity contribution in [3.05, 3.63) is 29.7 Å². The van der Waals surface area contributed by atoms with Crippen LogP contribution in [0.2, 0.25) is 5.02 Å². The van der Waals surface area contributed by atoms with Gasteiger partial charge in [-0.25, -0.2) is 4.98 Å². The van der Waals surface area contributed by atoms with E-state index in [1.165, 1.54) is 13.5 Å². The highest BCUT2D eigenvalue weighted by Crippen LogP contribution is 2.37. The second kappa shape index (κ2) is 7.48. The van der Waals surface area contributed by atoms with E-state index in [0.29, 0.717) is 40.1 Å². The number of hydrogen-bond acceptors (Lipinski definition) is 5. The third-order valence-electron chi connectivity index (χ3n) is 3.31. The molecule has 2 rings (SSSR count). The number of nitrogens with zero attached hydrogens (tertiary/aromatic N) is 1. The van der Waals surface area contributed by atoms with Gasteiger partial charge in [-0.2, -0.15) is 0 Å². The molecule has 1 amide bonds. The summed E-state index contributed by atoms with van der Waals surface area (Å²) < 4.78 is 10.6. The molecule has 0 fully saturated rings. The highest BCUT2D eigenvalue weighted by atomic mass is 35.5. The summed E-state index contributed by atoms with van der Waals surface area (Å²) in [6.45, 7) is 4.02. The fourth-order valence-electron chi connectivity index (χ4n) is 2.20. The number of nitrogens with one attached hydrogen (secondary N) is 1. The molecule has 0 aliphatic heterocycles. The van der Waals surface area contributed by atoms with Crippen molar-refractivity contribution in [1.29, 1.82) is 0 Å². The smallest absolute Gasteiger partial charge is 0.241 e. The molecule has 1 atom stereocenters. The highest BCUT2D eigenvalue weighted by Gasteiger charge is 2.19. The van der Waals surface area contributed by atoms with Gasteiger partial charge in [0.2, 0.25) is 5.91 Å². The summed E-state index contributed by atoms with van der Waals surface area (Å²) in [7, 11) is 1.53. The van der Waals surface area contributed by atoms with Crippen LogP contribution >= 0.6 is 11.6 Å². The van der Waals surface area contributed by atoms with Crippen molar-refractivity contribution in [2.24, 2.45) is 11.7 Å². The van der Waals surface area contributed by atoms with Gasteiger partial charge in [0.15, 0.2) is 12.2 Å². The van der Waals surface area contributed by atoms with Gasteiger partial charge in [0.05, 0.1) is 35.6 Å². The lowest BCUT2D eigenvalue weighted by atomic mass is 10.0. The van der Waals surface area contributed by atoms with E-state index in [4.69, 9.17) is 26.5 Å². The Bertz CT molecular complexity index is 671. The van der Waals surface area contributed by atoms with E-state index >= 15 is 0 Å². The molecule has 0 radical (unpaired) electrons. The molecular formula is C16H20ClN3O3. The Balaban J connectivity index is 2.25. The first kappa shape index (κ1) is 17.3. The van der Waals surface area contributed by atoms with Gasteiger partial charge < -0.3 is 20.2 Å². The van der Waals surface area contributed by atoms with Gasteiger partial charge in [-0.1, -0.05) is 25.4 Å². The van der Waals surface area contributed by atoms with Gasteiger partial charge in [0.25, 0.3) is 0 Å². The molecule has 2 aromatic rings. The van der Waals surface area contributed by atoms with E-state index in [1.807, 2.05) is 13.8 Å². The molecule has 6 nitrogen and oxygen atoms in total. The summed E-state index contributed by atoms with van der Waals surface area (Å²) in [6, 6.07) is 2.70. The first-order valence-corrected chi connectivity index (χ1v) is 7.63. The van der Waals surface area contributed by atoms with Crippen molar-refractivity contribution >= 4 is 23.2 Å². The van der Waals surface area contributed by atoms with Crippen LogP contribution in [0.5, 0.6) is 5.75 Å². The van der Waals surface area contributed by atoms with E-state index < -0.39 is 6.04 Å². The number of aromatic nitrogens is 1. The Labute approximate surface area is 140 Å². The van der Waals surface area contributed by atoms with E-state index in [0.717, 1.165) is 0 Å². The van der Waals surface area contributed by atoms with E-state index in [1.54, 1.807) is 18.3 Å². The molecule has 0 bridgehead atoms. The first-order chi connectivity index (χ1) is 10.9. The quantitative estimate of drug-likeness (QED) is 0.843. The SMILES string of the molecule is COc1cc(NC(=O)C(N)CC(C)C)c(Cl)cc1-c1cnco1. The molecule has 1 aromatic carbocycles. The predicted molar refractivity (Wildman–Crippen MR) is 89.6 cm³/mol. The van der Waals surface area contributed by atoms with Crippen LogP contribution in [-0.2, 0) is 4.79 Å². The van der Waals surface area contributed by atoms with E-state index in [-0.39, 0.29) is 5.91 Å². The standard InChI is InChI=1S/C16H20ClN3O3/c1-9(2)4-12(18)16(21)20-13-6-14(22-3)10(5-11(13)17)15-7-19-8-23-15/h5-9,12H,4,18H2,1-3H3,(H,20,21). The number of halogens is 1. The molecular weight excluding hydrogens is 318 g/mol. The molecule has 124 valence electrons. The van der Waals surface area contributed by atoms with E-state index in [2.05, 4.69) is 10.3 Å². The normalized spacial score (nSPS) is 12.3. The summed E-state index contributed by atoms with van der Waals surface area (Å²) in [5.74, 6) is 1.08. The van der Waals surface area contributed by atoms with Crippen molar-refractivity contribution in [3.8, 4) is 17.1 Å². The fourth-order valence-corrected chi connectivity index (χ4v) is 2.41. The van der Waals surface area contributed by atoms with Crippen molar-refractivity contribution in [2.45, 2.75) is 26.3 Å². The molecule has 7 heteroatoms. The monoisotopic (exact) mass is 337 g/mol. The maximum atomic E-state index is 12.1. The molecule has 1 aromatic heterocycles. The maximum absolute atomic E-state index is 12.1. The second-order valence-electron chi connectivity index (χ2n) is 5.62. The molecule has 1 unspecified atom stereocenters. The second-order valence-corrected chi connectivity index (χ2v) is 6.03. The minimum Gasteiger partial charge on any atom is -0.496 e. The number of carbonyl (C=O) groups is 1. The van der Waals surface area contributed by atoms with Crippen molar-refractivity contribution < 1.29 is 13.9 Å². The summed E-state index contributed by atoms with van der Waals surface area (Å²) >= 11 is 6.26. The Morgan fingerprint density at radius 2 is 2.22 bits per heavy atom. The molecule has 0 spiro atoms. The topological polar surface area (TPSA) is 90.4 Å². The van der Waals surface area contributed by atoms with Gasteiger partial charge >= 0.3 is 0 Å². The predicted octanol–water partition coefficient (Wildman–Crippen LogP) is 3.32. The molecule has 23 heavy (non-hydrogen) atoms. The molecule has 0 saturated heterocycles. The zero-order valence-electron chi connectivity index (χ0n) is 13.3. The van der Waals surface area contributed by atoms with Crippen LogP contribution in [-0.4, -0.2) is 24.0 Å². The summed E-state index contributed by atoms with van der Waals surface area (Å²) in [5.41, 5.74) is 6.98. The number of anilines is 1. The fraction of sp³-hybridized carbons (Fsp3) is 0.375. The Kier molecular flexibility index (Phi) is 5.63. The minimum absolute atomic E-state index is 0.282. The molecule has 0 aliphatic carbocycles. The summed E-state index contributed by atoms with van der Waals surface area (Å²) in [6.07, 6.45) is 3.48. The van der Waals surface area contributed by atoms with Crippen LogP contribution in [0.25, 0.3) is 11.3 Å². The van der Waals surface area contributed by atoms with Gasteiger partial charge in [-0.05, 0) is 18.4 Å². The number of rotatable bonds is 6. The number of amides is 1. The van der Waals surface area contributed by atoms with Gasteiger partial charge in [0, 0.05) is 6.07 Å². The lowest BCUT2D eigenvalue weighted by molar-refractivity contribution is -0.117. The number of methoxy groups -OCH3 is 1. The average Bonchev–Trinajstić information content (AvgIpc) is 3.02. The molecule has 1 heterocycles. The number of carbonyl (C=O) groups excluding carboxylic acids is 1. The number of ether oxygens (including phenoxy) is 1. The largest absolute Gasteiger partial charge is 0.496 e. The van der Waals surface area contributed by atoms with E-state index in [9.17, 15) is 4.79 Å². The highest BCUT2D eigenvalue weighted by molar-refractivity contribution is 6.34. The molecule has 0 aliphatic rings. The van der Waals surface area contributed by atoms with Crippen LogP contribution in [0.1, 0.15) is 20.3 Å². The Morgan fingerprint density at radius 1 is 1.48 bits per heavy atom. The van der Waals surface area contributed by atoms with Gasteiger partial charge in [0.1, 0.15) is 5.75 Å².